The number of hydrogen-bond acceptors (Lipinski definition) is 5. The summed E-state index contributed by atoms with van der Waals surface area (Å²) in [5.41, 5.74) is 1.98. The van der Waals surface area contributed by atoms with Crippen LogP contribution in [-0.4, -0.2) is 46.3 Å². The van der Waals surface area contributed by atoms with Gasteiger partial charge in [-0.1, -0.05) is 19.1 Å². The first kappa shape index (κ1) is 21.2. The lowest BCUT2D eigenvalue weighted by Gasteiger charge is -2.29. The molecule has 1 fully saturated rings. The summed E-state index contributed by atoms with van der Waals surface area (Å²) in [4.78, 5) is 21.1. The molecule has 0 bridgehead atoms. The van der Waals surface area contributed by atoms with Crippen LogP contribution in [0.25, 0.3) is 5.82 Å². The van der Waals surface area contributed by atoms with Crippen molar-refractivity contribution in [2.75, 3.05) is 18.4 Å². The van der Waals surface area contributed by atoms with E-state index in [1.165, 1.54) is 16.8 Å². The fourth-order valence-electron chi connectivity index (χ4n) is 3.67. The Morgan fingerprint density at radius 3 is 2.74 bits per heavy atom. The molecule has 1 aliphatic rings. The number of nitrogens with one attached hydrogen (secondary N) is 1. The zero-order chi connectivity index (χ0) is 22.0. The topological polar surface area (TPSA) is 97.2 Å². The van der Waals surface area contributed by atoms with E-state index in [-0.39, 0.29) is 16.5 Å². The molecular weight excluding hydrogens is 414 g/mol. The second-order valence-corrected chi connectivity index (χ2v) is 9.89. The van der Waals surface area contributed by atoms with Crippen LogP contribution in [0.1, 0.15) is 35.8 Å². The minimum atomic E-state index is -3.56. The Morgan fingerprint density at radius 2 is 2.03 bits per heavy atom. The maximum atomic E-state index is 12.9. The third kappa shape index (κ3) is 4.67. The number of benzene rings is 1. The van der Waals surface area contributed by atoms with Gasteiger partial charge in [-0.05, 0) is 55.5 Å². The average Bonchev–Trinajstić information content (AvgIpc) is 3.24. The molecule has 1 N–H and O–H groups in total. The number of aromatic nitrogens is 3. The molecule has 3 aromatic rings. The predicted molar refractivity (Wildman–Crippen MR) is 118 cm³/mol. The molecule has 4 rings (SSSR count). The van der Waals surface area contributed by atoms with Crippen LogP contribution in [0.15, 0.2) is 60.0 Å². The summed E-state index contributed by atoms with van der Waals surface area (Å²) in [6.45, 7) is 5.08. The van der Waals surface area contributed by atoms with Gasteiger partial charge in [0.15, 0.2) is 0 Å². The zero-order valence-corrected chi connectivity index (χ0v) is 18.3. The third-order valence-corrected chi connectivity index (χ3v) is 7.18. The Labute approximate surface area is 182 Å². The summed E-state index contributed by atoms with van der Waals surface area (Å²) in [5, 5.41) is 2.81. The number of aryl methyl sites for hydroxylation is 1. The van der Waals surface area contributed by atoms with E-state index in [4.69, 9.17) is 0 Å². The molecule has 162 valence electrons. The van der Waals surface area contributed by atoms with Crippen molar-refractivity contribution in [1.82, 2.24) is 18.8 Å². The van der Waals surface area contributed by atoms with Crippen LogP contribution in [-0.2, 0) is 10.0 Å². The Bertz CT molecular complexity index is 1190. The van der Waals surface area contributed by atoms with Crippen molar-refractivity contribution in [1.29, 1.82) is 0 Å². The quantitative estimate of drug-likeness (QED) is 0.658. The van der Waals surface area contributed by atoms with Crippen molar-refractivity contribution in [2.45, 2.75) is 31.6 Å². The van der Waals surface area contributed by atoms with Gasteiger partial charge in [0, 0.05) is 31.2 Å². The van der Waals surface area contributed by atoms with Crippen molar-refractivity contribution < 1.29 is 13.2 Å². The van der Waals surface area contributed by atoms with Crippen LogP contribution < -0.4 is 5.32 Å². The highest BCUT2D eigenvalue weighted by Gasteiger charge is 2.28. The normalized spacial score (nSPS) is 17.4. The molecule has 8 nitrogen and oxygen atoms in total. The van der Waals surface area contributed by atoms with Gasteiger partial charge in [0.05, 0.1) is 0 Å². The number of pyridine rings is 1. The second-order valence-electron chi connectivity index (χ2n) is 7.95. The van der Waals surface area contributed by atoms with Crippen LogP contribution in [0.3, 0.4) is 0 Å². The number of rotatable bonds is 5. The minimum Gasteiger partial charge on any atom is -0.321 e. The Morgan fingerprint density at radius 1 is 1.19 bits per heavy atom. The molecule has 1 saturated heterocycles. The van der Waals surface area contributed by atoms with Gasteiger partial charge in [-0.2, -0.15) is 4.31 Å². The molecule has 0 saturated carbocycles. The molecule has 2 aromatic heterocycles. The molecule has 31 heavy (non-hydrogen) atoms. The van der Waals surface area contributed by atoms with E-state index < -0.39 is 10.0 Å². The molecule has 1 amide bonds. The molecule has 3 heterocycles. The lowest BCUT2D eigenvalue weighted by molar-refractivity contribution is 0.102. The highest BCUT2D eigenvalue weighted by atomic mass is 32.2. The van der Waals surface area contributed by atoms with Crippen molar-refractivity contribution in [3.8, 4) is 5.82 Å². The van der Waals surface area contributed by atoms with Crippen LogP contribution in [0.5, 0.6) is 0 Å². The van der Waals surface area contributed by atoms with Gasteiger partial charge in [0.2, 0.25) is 10.0 Å². The summed E-state index contributed by atoms with van der Waals surface area (Å²) in [6.07, 6.45) is 6.32. The number of piperidine rings is 1. The predicted octanol–water partition coefficient (Wildman–Crippen LogP) is 3.25. The summed E-state index contributed by atoms with van der Waals surface area (Å²) in [7, 11) is -3.56. The number of anilines is 1. The van der Waals surface area contributed by atoms with Gasteiger partial charge in [-0.25, -0.2) is 18.4 Å². The number of imidazole rings is 1. The average molecular weight is 440 g/mol. The molecule has 9 heteroatoms. The minimum absolute atomic E-state index is 0.169. The van der Waals surface area contributed by atoms with Crippen molar-refractivity contribution >= 4 is 21.6 Å². The van der Waals surface area contributed by atoms with Crippen LogP contribution in [0.2, 0.25) is 0 Å². The van der Waals surface area contributed by atoms with E-state index in [1.807, 2.05) is 31.2 Å². The molecular formula is C22H25N5O3S. The number of sulfonamides is 1. The van der Waals surface area contributed by atoms with Gasteiger partial charge in [0.25, 0.3) is 5.91 Å². The first-order valence-corrected chi connectivity index (χ1v) is 11.7. The molecule has 1 aliphatic heterocycles. The van der Waals surface area contributed by atoms with E-state index in [9.17, 15) is 13.2 Å². The molecule has 0 aliphatic carbocycles. The third-order valence-electron chi connectivity index (χ3n) is 5.33. The SMILES string of the molecule is Cc1cccc(NC(=O)c2cn(-c3ccc(S(=O)(=O)N4CCCC(C)C4)cn3)cn2)c1. The number of carbonyl (C=O) groups excluding carboxylic acids is 1. The van der Waals surface area contributed by atoms with Gasteiger partial charge < -0.3 is 5.32 Å². The molecule has 1 atom stereocenters. The van der Waals surface area contributed by atoms with E-state index in [0.29, 0.717) is 30.5 Å². The number of amides is 1. The number of hydrogen-bond donors (Lipinski definition) is 1. The summed E-state index contributed by atoms with van der Waals surface area (Å²) in [5.74, 6) is 0.502. The monoisotopic (exact) mass is 439 g/mol. The number of carbonyl (C=O) groups is 1. The Balaban J connectivity index is 1.48. The first-order chi connectivity index (χ1) is 14.8. The van der Waals surface area contributed by atoms with Gasteiger partial charge in [0.1, 0.15) is 22.7 Å². The maximum Gasteiger partial charge on any atom is 0.275 e. The van der Waals surface area contributed by atoms with Crippen LogP contribution in [0, 0.1) is 12.8 Å². The van der Waals surface area contributed by atoms with Gasteiger partial charge in [-0.15, -0.1) is 0 Å². The molecule has 1 unspecified atom stereocenters. The van der Waals surface area contributed by atoms with Crippen LogP contribution in [0.4, 0.5) is 5.69 Å². The largest absolute Gasteiger partial charge is 0.321 e. The van der Waals surface area contributed by atoms with E-state index in [1.54, 1.807) is 22.9 Å². The van der Waals surface area contributed by atoms with Gasteiger partial charge in [-0.3, -0.25) is 9.36 Å². The fraction of sp³-hybridized carbons (Fsp3) is 0.318. The standard InChI is InChI=1S/C22H25N5O3S/c1-16-5-3-7-18(11-16)25-22(28)20-14-26(15-24-20)21-9-8-19(12-23-21)31(29,30)27-10-4-6-17(2)13-27/h3,5,7-9,11-12,14-15,17H,4,6,10,13H2,1-2H3,(H,25,28). The Hall–Kier alpha value is -3.04. The van der Waals surface area contributed by atoms with Crippen molar-refractivity contribution in [3.05, 3.63) is 66.4 Å². The van der Waals surface area contributed by atoms with Crippen molar-refractivity contribution in [2.24, 2.45) is 5.92 Å². The first-order valence-electron chi connectivity index (χ1n) is 10.2. The summed E-state index contributed by atoms with van der Waals surface area (Å²) < 4.78 is 28.9. The van der Waals surface area contributed by atoms with Gasteiger partial charge >= 0.3 is 0 Å². The lowest BCUT2D eigenvalue weighted by Crippen LogP contribution is -2.39. The van der Waals surface area contributed by atoms with Crippen LogP contribution >= 0.6 is 0 Å². The Kier molecular flexibility index (Phi) is 5.88. The molecule has 0 spiro atoms. The van der Waals surface area contributed by atoms with E-state index >= 15 is 0 Å². The maximum absolute atomic E-state index is 12.9. The fourth-order valence-corrected chi connectivity index (χ4v) is 5.22. The zero-order valence-electron chi connectivity index (χ0n) is 17.5. The second kappa shape index (κ2) is 8.60. The van der Waals surface area contributed by atoms with E-state index in [2.05, 4.69) is 22.2 Å². The highest BCUT2D eigenvalue weighted by molar-refractivity contribution is 7.89. The van der Waals surface area contributed by atoms with E-state index in [0.717, 1.165) is 18.4 Å². The highest BCUT2D eigenvalue weighted by Crippen LogP contribution is 2.23. The molecule has 1 aromatic carbocycles. The molecule has 0 radical (unpaired) electrons. The summed E-state index contributed by atoms with van der Waals surface area (Å²) in [6, 6.07) is 10.7. The van der Waals surface area contributed by atoms with Crippen molar-refractivity contribution in [3.63, 3.8) is 0 Å². The summed E-state index contributed by atoms with van der Waals surface area (Å²) >= 11 is 0. The number of nitrogens with zero attached hydrogens (tertiary/aromatic N) is 4. The smallest absolute Gasteiger partial charge is 0.275 e. The lowest BCUT2D eigenvalue weighted by atomic mass is 10.0.